The van der Waals surface area contributed by atoms with Gasteiger partial charge in [-0.2, -0.15) is 5.26 Å². The zero-order valence-corrected chi connectivity index (χ0v) is 26.0. The molecule has 2 atom stereocenters. The Labute approximate surface area is 244 Å². The second-order valence-electron chi connectivity index (χ2n) is 11.0. The number of hydrogen-bond acceptors (Lipinski definition) is 7. The maximum absolute atomic E-state index is 12.9. The molecule has 2 heterocycles. The van der Waals surface area contributed by atoms with E-state index >= 15 is 0 Å². The fourth-order valence-electron chi connectivity index (χ4n) is 5.08. The molecule has 2 unspecified atom stereocenters. The van der Waals surface area contributed by atoms with Crippen LogP contribution >= 0.6 is 34.7 Å². The van der Waals surface area contributed by atoms with E-state index in [1.165, 1.54) is 16.6 Å². The van der Waals surface area contributed by atoms with Gasteiger partial charge in [-0.1, -0.05) is 50.6 Å². The first-order valence-electron chi connectivity index (χ1n) is 13.2. The van der Waals surface area contributed by atoms with Crippen molar-refractivity contribution >= 4 is 45.6 Å². The molecule has 7 nitrogen and oxygen atoms in total. The lowest BCUT2D eigenvalue weighted by Gasteiger charge is -2.36. The molecule has 0 bridgehead atoms. The number of thiophene rings is 1. The highest BCUT2D eigenvalue weighted by Crippen LogP contribution is 2.45. The van der Waals surface area contributed by atoms with Crippen LogP contribution in [0.3, 0.4) is 0 Å². The second kappa shape index (κ2) is 11.9. The molecule has 0 fully saturated rings. The molecule has 4 rings (SSSR count). The largest absolute Gasteiger partial charge is 0.483 e. The Morgan fingerprint density at radius 3 is 2.69 bits per heavy atom. The van der Waals surface area contributed by atoms with Crippen molar-refractivity contribution in [3.63, 3.8) is 0 Å². The minimum atomic E-state index is -0.345. The van der Waals surface area contributed by atoms with E-state index in [-0.39, 0.29) is 23.2 Å². The number of ether oxygens (including phenoxy) is 1. The van der Waals surface area contributed by atoms with Gasteiger partial charge in [0, 0.05) is 16.9 Å². The Kier molecular flexibility index (Phi) is 8.99. The summed E-state index contributed by atoms with van der Waals surface area (Å²) in [5.41, 5.74) is 3.91. The zero-order valence-electron chi connectivity index (χ0n) is 23.6. The maximum Gasteiger partial charge on any atom is 0.235 e. The summed E-state index contributed by atoms with van der Waals surface area (Å²) in [4.78, 5) is 14.1. The highest BCUT2D eigenvalue weighted by molar-refractivity contribution is 7.99. The number of benzene rings is 1. The van der Waals surface area contributed by atoms with Gasteiger partial charge in [-0.05, 0) is 80.2 Å². The van der Waals surface area contributed by atoms with Gasteiger partial charge in [-0.25, -0.2) is 0 Å². The third-order valence-electron chi connectivity index (χ3n) is 7.93. The van der Waals surface area contributed by atoms with E-state index in [9.17, 15) is 10.1 Å². The molecule has 1 aromatic carbocycles. The van der Waals surface area contributed by atoms with Gasteiger partial charge in [0.2, 0.25) is 5.91 Å². The van der Waals surface area contributed by atoms with E-state index in [1.807, 2.05) is 44.5 Å². The molecule has 0 saturated carbocycles. The summed E-state index contributed by atoms with van der Waals surface area (Å²) in [5.74, 6) is 1.96. The number of rotatable bonds is 9. The third kappa shape index (κ3) is 6.29. The normalized spacial score (nSPS) is 15.9. The predicted molar refractivity (Wildman–Crippen MR) is 159 cm³/mol. The molecule has 0 saturated heterocycles. The smallest absolute Gasteiger partial charge is 0.235 e. The number of anilines is 1. The lowest BCUT2D eigenvalue weighted by Crippen LogP contribution is -2.28. The average molecular weight is 586 g/mol. The maximum atomic E-state index is 12.9. The van der Waals surface area contributed by atoms with Crippen LogP contribution in [0, 0.1) is 36.5 Å². The number of fused-ring (bicyclic) bond motifs is 1. The van der Waals surface area contributed by atoms with Crippen LogP contribution in [-0.2, 0) is 24.7 Å². The van der Waals surface area contributed by atoms with E-state index in [0.717, 1.165) is 53.1 Å². The Bertz CT molecular complexity index is 1400. The summed E-state index contributed by atoms with van der Waals surface area (Å²) in [6, 6.07) is 6.16. The topological polar surface area (TPSA) is 92.8 Å². The Morgan fingerprint density at radius 1 is 1.36 bits per heavy atom. The van der Waals surface area contributed by atoms with Crippen molar-refractivity contribution < 1.29 is 9.53 Å². The van der Waals surface area contributed by atoms with Gasteiger partial charge >= 0.3 is 0 Å². The van der Waals surface area contributed by atoms with Crippen molar-refractivity contribution in [2.24, 2.45) is 18.4 Å². The van der Waals surface area contributed by atoms with Gasteiger partial charge < -0.3 is 14.6 Å². The van der Waals surface area contributed by atoms with Gasteiger partial charge in [0.1, 0.15) is 16.8 Å². The minimum absolute atomic E-state index is 0.162. The van der Waals surface area contributed by atoms with Crippen LogP contribution in [0.1, 0.15) is 79.6 Å². The van der Waals surface area contributed by atoms with Crippen molar-refractivity contribution in [3.05, 3.63) is 50.1 Å². The number of carbonyl (C=O) groups excluding carboxylic acids is 1. The Balaban J connectivity index is 1.39. The van der Waals surface area contributed by atoms with Gasteiger partial charge in [-0.3, -0.25) is 4.79 Å². The number of nitrogens with zero attached hydrogens (tertiary/aromatic N) is 4. The van der Waals surface area contributed by atoms with Gasteiger partial charge in [0.15, 0.2) is 17.1 Å². The Morgan fingerprint density at radius 2 is 2.05 bits per heavy atom. The van der Waals surface area contributed by atoms with Crippen LogP contribution in [0.5, 0.6) is 5.75 Å². The molecule has 1 aliphatic carbocycles. The van der Waals surface area contributed by atoms with E-state index in [2.05, 4.69) is 42.4 Å². The number of nitrogens with one attached hydrogen (secondary N) is 1. The predicted octanol–water partition coefficient (Wildman–Crippen LogP) is 7.43. The van der Waals surface area contributed by atoms with E-state index in [0.29, 0.717) is 27.5 Å². The van der Waals surface area contributed by atoms with E-state index in [4.69, 9.17) is 16.3 Å². The highest BCUT2D eigenvalue weighted by atomic mass is 35.5. The van der Waals surface area contributed by atoms with Crippen LogP contribution in [0.15, 0.2) is 17.3 Å². The van der Waals surface area contributed by atoms with Crippen LogP contribution in [0.4, 0.5) is 5.00 Å². The molecule has 39 heavy (non-hydrogen) atoms. The molecule has 0 aliphatic heterocycles. The van der Waals surface area contributed by atoms with Crippen molar-refractivity contribution in [3.8, 4) is 11.8 Å². The fraction of sp³-hybridized carbons (Fsp3) is 0.517. The van der Waals surface area contributed by atoms with Crippen molar-refractivity contribution in [2.75, 3.05) is 11.1 Å². The second-order valence-corrected chi connectivity index (χ2v) is 13.4. The number of thioether (sulfide) groups is 1. The molecule has 0 radical (unpaired) electrons. The molecule has 1 aliphatic rings. The lowest BCUT2D eigenvalue weighted by atomic mass is 9.69. The summed E-state index contributed by atoms with van der Waals surface area (Å²) >= 11 is 9.15. The standard InChI is InChI=1S/C29H36ClN5O2S2/c1-8-29(5,6)19-9-10-21-22(14-31)27(39-23(21)13-19)32-24(36)15-38-28-34-33-26(35(28)7)18(4)37-20-11-16(2)25(30)17(3)12-20/h11-12,18-19H,8-10,13,15H2,1-7H3,(H,32,36). The number of hydrogen-bond donors (Lipinski definition) is 1. The minimum Gasteiger partial charge on any atom is -0.483 e. The van der Waals surface area contributed by atoms with E-state index < -0.39 is 0 Å². The number of aromatic nitrogens is 3. The number of halogens is 1. The average Bonchev–Trinajstić information content (AvgIpc) is 3.44. The van der Waals surface area contributed by atoms with Gasteiger partial charge in [0.25, 0.3) is 0 Å². The number of nitriles is 1. The highest BCUT2D eigenvalue weighted by Gasteiger charge is 2.34. The van der Waals surface area contributed by atoms with Crippen LogP contribution in [0.25, 0.3) is 0 Å². The summed E-state index contributed by atoms with van der Waals surface area (Å²) < 4.78 is 7.96. The van der Waals surface area contributed by atoms with Crippen LogP contribution in [0.2, 0.25) is 5.02 Å². The molecule has 1 N–H and O–H groups in total. The first-order valence-corrected chi connectivity index (χ1v) is 15.4. The number of carbonyl (C=O) groups is 1. The monoisotopic (exact) mass is 585 g/mol. The fourth-order valence-corrected chi connectivity index (χ4v) is 7.20. The van der Waals surface area contributed by atoms with Crippen LogP contribution < -0.4 is 10.1 Å². The van der Waals surface area contributed by atoms with Crippen molar-refractivity contribution in [1.29, 1.82) is 5.26 Å². The first-order chi connectivity index (χ1) is 18.4. The SMILES string of the molecule is CCC(C)(C)C1CCc2c(sc(NC(=O)CSc3nnc(C(C)Oc4cc(C)c(Cl)c(C)c4)n3C)c2C#N)C1. The molecule has 10 heteroatoms. The van der Waals surface area contributed by atoms with Crippen molar-refractivity contribution in [1.82, 2.24) is 14.8 Å². The zero-order chi connectivity index (χ0) is 28.5. The van der Waals surface area contributed by atoms with Crippen LogP contribution in [-0.4, -0.2) is 26.4 Å². The van der Waals surface area contributed by atoms with Crippen molar-refractivity contribution in [2.45, 2.75) is 78.5 Å². The van der Waals surface area contributed by atoms with E-state index in [1.54, 1.807) is 11.3 Å². The van der Waals surface area contributed by atoms with Gasteiger partial charge in [0.05, 0.1) is 11.3 Å². The van der Waals surface area contributed by atoms with Gasteiger partial charge in [-0.15, -0.1) is 21.5 Å². The molecular weight excluding hydrogens is 550 g/mol. The molecule has 2 aromatic heterocycles. The number of amides is 1. The molecule has 1 amide bonds. The number of aryl methyl sites for hydroxylation is 2. The summed E-state index contributed by atoms with van der Waals surface area (Å²) in [6.07, 6.45) is 3.72. The quantitative estimate of drug-likeness (QED) is 0.262. The first kappa shape index (κ1) is 29.4. The molecule has 0 spiro atoms. The molecule has 208 valence electrons. The molecule has 3 aromatic rings. The summed E-state index contributed by atoms with van der Waals surface area (Å²) in [7, 11) is 1.86. The third-order valence-corrected chi connectivity index (χ3v) is 10.7. The summed E-state index contributed by atoms with van der Waals surface area (Å²) in [5, 5.41) is 23.5. The summed E-state index contributed by atoms with van der Waals surface area (Å²) in [6.45, 7) is 12.7. The lowest BCUT2D eigenvalue weighted by molar-refractivity contribution is -0.113. The molecular formula is C29H36ClN5O2S2. The Hall–Kier alpha value is -2.54.